The van der Waals surface area contributed by atoms with Crippen molar-refractivity contribution >= 4 is 5.84 Å². The quantitative estimate of drug-likeness (QED) is 0.820. The molecule has 0 bridgehead atoms. The van der Waals surface area contributed by atoms with Crippen molar-refractivity contribution in [2.45, 2.75) is 39.4 Å². The second kappa shape index (κ2) is 5.46. The molecule has 102 valence electrons. The van der Waals surface area contributed by atoms with Crippen LogP contribution in [0.25, 0.3) is 0 Å². The van der Waals surface area contributed by atoms with Crippen molar-refractivity contribution in [1.29, 1.82) is 0 Å². The van der Waals surface area contributed by atoms with Crippen LogP contribution in [0.15, 0.2) is 28.5 Å². The van der Waals surface area contributed by atoms with Gasteiger partial charge in [0.25, 0.3) is 0 Å². The molecule has 0 saturated carbocycles. The lowest BCUT2D eigenvalue weighted by Gasteiger charge is -2.19. The number of amidine groups is 1. The number of alkyl halides is 3. The maximum absolute atomic E-state index is 12.9. The van der Waals surface area contributed by atoms with Gasteiger partial charge in [-0.15, -0.1) is 0 Å². The zero-order valence-corrected chi connectivity index (χ0v) is 10.7. The van der Waals surface area contributed by atoms with E-state index in [9.17, 15) is 13.2 Å². The first-order valence-corrected chi connectivity index (χ1v) is 5.85. The lowest BCUT2D eigenvalue weighted by molar-refractivity contribution is -0.0901. The normalized spacial score (nSPS) is 21.1. The number of hydrogen-bond donors (Lipinski definition) is 2. The summed E-state index contributed by atoms with van der Waals surface area (Å²) in [6, 6.07) is -0.0983. The number of nitrogens with two attached hydrogens (primary N) is 1. The topological polar surface area (TPSA) is 50.4 Å². The summed E-state index contributed by atoms with van der Waals surface area (Å²) < 4.78 is 38.8. The Labute approximate surface area is 105 Å². The average Bonchev–Trinajstić information content (AvgIpc) is 2.36. The predicted molar refractivity (Wildman–Crippen MR) is 65.9 cm³/mol. The fourth-order valence-electron chi connectivity index (χ4n) is 1.67. The van der Waals surface area contributed by atoms with E-state index < -0.39 is 11.7 Å². The molecular weight excluding hydrogens is 243 g/mol. The highest BCUT2D eigenvalue weighted by molar-refractivity contribution is 5.85. The van der Waals surface area contributed by atoms with Gasteiger partial charge < -0.3 is 11.1 Å². The molecule has 1 rings (SSSR count). The number of hydrogen-bond acceptors (Lipinski definition) is 3. The minimum absolute atomic E-state index is 0.0496. The molecule has 1 aliphatic rings. The molecule has 1 heterocycles. The number of allylic oxidation sites excluding steroid dienone is 1. The molecule has 0 aromatic rings. The van der Waals surface area contributed by atoms with Crippen LogP contribution in [0.5, 0.6) is 0 Å². The summed E-state index contributed by atoms with van der Waals surface area (Å²) in [5.41, 5.74) is 4.92. The first-order valence-electron chi connectivity index (χ1n) is 5.85. The number of halogens is 3. The van der Waals surface area contributed by atoms with E-state index in [0.717, 1.165) is 6.20 Å². The van der Waals surface area contributed by atoms with Crippen molar-refractivity contribution in [3.05, 3.63) is 23.5 Å². The third kappa shape index (κ3) is 3.51. The SMILES string of the molecule is CCC1C=C(NC(C)C)C(C(F)(F)F)=CN=C1N. The van der Waals surface area contributed by atoms with Gasteiger partial charge in [-0.25, -0.2) is 4.99 Å². The largest absolute Gasteiger partial charge is 0.419 e. The fraction of sp³-hybridized carbons (Fsp3) is 0.583. The Kier molecular flexibility index (Phi) is 4.43. The van der Waals surface area contributed by atoms with Crippen LogP contribution in [0, 0.1) is 5.92 Å². The summed E-state index contributed by atoms with van der Waals surface area (Å²) in [5, 5.41) is 2.81. The molecule has 6 heteroatoms. The molecule has 1 unspecified atom stereocenters. The van der Waals surface area contributed by atoms with E-state index in [2.05, 4.69) is 10.3 Å². The van der Waals surface area contributed by atoms with Gasteiger partial charge in [-0.05, 0) is 26.3 Å². The summed E-state index contributed by atoms with van der Waals surface area (Å²) in [6.45, 7) is 5.42. The molecule has 0 spiro atoms. The van der Waals surface area contributed by atoms with Gasteiger partial charge in [0.15, 0.2) is 0 Å². The van der Waals surface area contributed by atoms with Crippen molar-refractivity contribution in [3.8, 4) is 0 Å². The van der Waals surface area contributed by atoms with E-state index >= 15 is 0 Å². The molecule has 0 radical (unpaired) electrons. The van der Waals surface area contributed by atoms with Crippen LogP contribution in [0.3, 0.4) is 0 Å². The second-order valence-corrected chi connectivity index (χ2v) is 4.49. The monoisotopic (exact) mass is 261 g/mol. The molecule has 3 N–H and O–H groups in total. The Hall–Kier alpha value is -1.46. The Morgan fingerprint density at radius 1 is 1.44 bits per heavy atom. The summed E-state index contributed by atoms with van der Waals surface area (Å²) in [7, 11) is 0. The van der Waals surface area contributed by atoms with Crippen molar-refractivity contribution in [2.75, 3.05) is 0 Å². The molecule has 0 amide bonds. The molecule has 1 atom stereocenters. The van der Waals surface area contributed by atoms with Gasteiger partial charge in [0.05, 0.1) is 5.57 Å². The minimum Gasteiger partial charge on any atom is -0.387 e. The van der Waals surface area contributed by atoms with Gasteiger partial charge in [0.2, 0.25) is 0 Å². The van der Waals surface area contributed by atoms with Gasteiger partial charge in [-0.2, -0.15) is 13.2 Å². The van der Waals surface area contributed by atoms with E-state index in [4.69, 9.17) is 5.73 Å². The second-order valence-electron chi connectivity index (χ2n) is 4.49. The Morgan fingerprint density at radius 2 is 2.06 bits per heavy atom. The molecule has 0 saturated heterocycles. The molecule has 18 heavy (non-hydrogen) atoms. The number of nitrogens with zero attached hydrogens (tertiary/aromatic N) is 1. The highest BCUT2D eigenvalue weighted by atomic mass is 19.4. The summed E-state index contributed by atoms with van der Waals surface area (Å²) in [4.78, 5) is 3.70. The Morgan fingerprint density at radius 3 is 2.50 bits per heavy atom. The highest BCUT2D eigenvalue weighted by Crippen LogP contribution is 2.32. The molecule has 0 aliphatic carbocycles. The smallest absolute Gasteiger partial charge is 0.387 e. The average molecular weight is 261 g/mol. The minimum atomic E-state index is -4.44. The molecule has 3 nitrogen and oxygen atoms in total. The van der Waals surface area contributed by atoms with Gasteiger partial charge in [-0.3, -0.25) is 0 Å². The van der Waals surface area contributed by atoms with E-state index in [1.54, 1.807) is 13.8 Å². The lowest BCUT2D eigenvalue weighted by Crippen LogP contribution is -2.29. The van der Waals surface area contributed by atoms with Crippen molar-refractivity contribution < 1.29 is 13.2 Å². The summed E-state index contributed by atoms with van der Waals surface area (Å²) in [6.07, 6.45) is -1.53. The zero-order valence-electron chi connectivity index (χ0n) is 10.7. The highest BCUT2D eigenvalue weighted by Gasteiger charge is 2.37. The van der Waals surface area contributed by atoms with Crippen LogP contribution in [-0.2, 0) is 0 Å². The van der Waals surface area contributed by atoms with Crippen molar-refractivity contribution in [3.63, 3.8) is 0 Å². The van der Waals surface area contributed by atoms with Crippen LogP contribution >= 0.6 is 0 Å². The van der Waals surface area contributed by atoms with E-state index in [1.807, 2.05) is 6.92 Å². The molecular formula is C12H18F3N3. The first kappa shape index (κ1) is 14.6. The summed E-state index contributed by atoms with van der Waals surface area (Å²) in [5.74, 6) is -0.0674. The van der Waals surface area contributed by atoms with E-state index in [0.29, 0.717) is 6.42 Å². The van der Waals surface area contributed by atoms with Crippen LogP contribution < -0.4 is 11.1 Å². The standard InChI is InChI=1S/C12H18F3N3/c1-4-8-5-10(18-7(2)3)9(12(13,14)15)6-17-11(8)16/h5-8,18H,4H2,1-3H3,(H2,16,17). The molecule has 0 aromatic carbocycles. The Balaban J connectivity index is 3.20. The van der Waals surface area contributed by atoms with Crippen LogP contribution in [-0.4, -0.2) is 18.1 Å². The van der Waals surface area contributed by atoms with Gasteiger partial charge >= 0.3 is 6.18 Å². The first-order chi connectivity index (χ1) is 8.25. The van der Waals surface area contributed by atoms with Crippen LogP contribution in [0.2, 0.25) is 0 Å². The molecule has 0 aromatic heterocycles. The predicted octanol–water partition coefficient (Wildman–Crippen LogP) is 2.71. The third-order valence-electron chi connectivity index (χ3n) is 2.57. The number of rotatable bonds is 3. The summed E-state index contributed by atoms with van der Waals surface area (Å²) >= 11 is 0. The van der Waals surface area contributed by atoms with Gasteiger partial charge in [0.1, 0.15) is 5.84 Å². The fourth-order valence-corrected chi connectivity index (χ4v) is 1.67. The van der Waals surface area contributed by atoms with E-state index in [-0.39, 0.29) is 23.5 Å². The van der Waals surface area contributed by atoms with Gasteiger partial charge in [-0.1, -0.05) is 6.92 Å². The molecule has 0 fully saturated rings. The zero-order chi connectivity index (χ0) is 13.9. The Bertz CT molecular complexity index is 392. The number of nitrogens with one attached hydrogen (secondary N) is 1. The van der Waals surface area contributed by atoms with Crippen molar-refractivity contribution in [2.24, 2.45) is 16.6 Å². The van der Waals surface area contributed by atoms with E-state index in [1.165, 1.54) is 6.08 Å². The van der Waals surface area contributed by atoms with Crippen LogP contribution in [0.1, 0.15) is 27.2 Å². The maximum atomic E-state index is 12.9. The van der Waals surface area contributed by atoms with Gasteiger partial charge in [0, 0.05) is 23.9 Å². The number of aliphatic imine (C=N–C) groups is 1. The lowest BCUT2D eigenvalue weighted by atomic mass is 10.0. The molecule has 1 aliphatic heterocycles. The third-order valence-corrected chi connectivity index (χ3v) is 2.57. The van der Waals surface area contributed by atoms with Crippen LogP contribution in [0.4, 0.5) is 13.2 Å². The maximum Gasteiger partial charge on any atom is 0.419 e. The van der Waals surface area contributed by atoms with Crippen molar-refractivity contribution in [1.82, 2.24) is 5.32 Å².